The van der Waals surface area contributed by atoms with Gasteiger partial charge >= 0.3 is 0 Å². The maximum atomic E-state index is 12.5. The molecule has 0 saturated heterocycles. The van der Waals surface area contributed by atoms with Crippen LogP contribution in [0.3, 0.4) is 0 Å². The van der Waals surface area contributed by atoms with Crippen molar-refractivity contribution in [3.05, 3.63) is 86.1 Å². The lowest BCUT2D eigenvalue weighted by molar-refractivity contribution is -0.384. The van der Waals surface area contributed by atoms with E-state index in [4.69, 9.17) is 16.0 Å². The van der Waals surface area contributed by atoms with Crippen LogP contribution < -0.4 is 5.32 Å². The number of rotatable bonds is 5. The van der Waals surface area contributed by atoms with Crippen LogP contribution in [0.25, 0.3) is 17.4 Å². The number of hydrogen-bond donors (Lipinski definition) is 1. The van der Waals surface area contributed by atoms with Crippen molar-refractivity contribution < 1.29 is 14.1 Å². The third kappa shape index (κ3) is 4.74. The molecule has 1 heterocycles. The Balaban J connectivity index is 1.85. The van der Waals surface area contributed by atoms with Crippen molar-refractivity contribution in [3.63, 3.8) is 0 Å². The molecule has 3 rings (SSSR count). The molecular formula is C22H16ClN3O4. The summed E-state index contributed by atoms with van der Waals surface area (Å²) in [4.78, 5) is 23.0. The molecule has 0 aliphatic heterocycles. The number of hydrogen-bond acceptors (Lipinski definition) is 5. The summed E-state index contributed by atoms with van der Waals surface area (Å²) >= 11 is 5.83. The number of nitrogens with zero attached hydrogens (tertiary/aromatic N) is 2. The number of nitro groups is 1. The number of carbonyl (C=O) groups is 1. The van der Waals surface area contributed by atoms with Crippen molar-refractivity contribution in [2.24, 2.45) is 0 Å². The Morgan fingerprint density at radius 2 is 1.87 bits per heavy atom. The Morgan fingerprint density at radius 1 is 1.17 bits per heavy atom. The van der Waals surface area contributed by atoms with Gasteiger partial charge < -0.3 is 9.73 Å². The molecule has 30 heavy (non-hydrogen) atoms. The minimum Gasteiger partial charge on any atom is -0.457 e. The molecule has 0 unspecified atom stereocenters. The van der Waals surface area contributed by atoms with Gasteiger partial charge in [0.25, 0.3) is 11.6 Å². The fraction of sp³-hybridized carbons (Fsp3) is 0.0909. The molecule has 0 fully saturated rings. The van der Waals surface area contributed by atoms with Crippen molar-refractivity contribution in [3.8, 4) is 17.4 Å². The number of nitriles is 1. The lowest BCUT2D eigenvalue weighted by Crippen LogP contribution is -2.13. The normalized spacial score (nSPS) is 11.1. The van der Waals surface area contributed by atoms with E-state index in [-0.39, 0.29) is 22.0 Å². The molecule has 0 saturated carbocycles. The largest absolute Gasteiger partial charge is 0.457 e. The Morgan fingerprint density at radius 3 is 2.50 bits per heavy atom. The van der Waals surface area contributed by atoms with Gasteiger partial charge in [-0.1, -0.05) is 17.7 Å². The van der Waals surface area contributed by atoms with Crippen LogP contribution in [0.15, 0.2) is 58.5 Å². The number of nitrogens with one attached hydrogen (secondary N) is 1. The van der Waals surface area contributed by atoms with Crippen molar-refractivity contribution in [1.29, 1.82) is 5.26 Å². The molecular weight excluding hydrogens is 406 g/mol. The summed E-state index contributed by atoms with van der Waals surface area (Å²) in [6, 6.07) is 14.9. The number of anilines is 1. The third-order valence-electron chi connectivity index (χ3n) is 4.19. The molecule has 2 aromatic carbocycles. The first kappa shape index (κ1) is 20.8. The molecule has 1 amide bonds. The van der Waals surface area contributed by atoms with Gasteiger partial charge in [0.2, 0.25) is 0 Å². The number of furan rings is 1. The second-order valence-electron chi connectivity index (χ2n) is 6.63. The van der Waals surface area contributed by atoms with E-state index < -0.39 is 10.8 Å². The summed E-state index contributed by atoms with van der Waals surface area (Å²) in [7, 11) is 0. The molecule has 1 aromatic heterocycles. The monoisotopic (exact) mass is 421 g/mol. The average Bonchev–Trinajstić information content (AvgIpc) is 3.14. The topological polar surface area (TPSA) is 109 Å². The second-order valence-corrected chi connectivity index (χ2v) is 7.03. The highest BCUT2D eigenvalue weighted by molar-refractivity contribution is 6.32. The van der Waals surface area contributed by atoms with Crippen LogP contribution in [0.4, 0.5) is 11.4 Å². The third-order valence-corrected chi connectivity index (χ3v) is 4.50. The van der Waals surface area contributed by atoms with E-state index in [0.717, 1.165) is 11.1 Å². The summed E-state index contributed by atoms with van der Waals surface area (Å²) in [6.45, 7) is 3.82. The Hall–Kier alpha value is -3.89. The first-order valence-corrected chi connectivity index (χ1v) is 9.20. The number of nitro benzene ring substituents is 1. The molecule has 0 atom stereocenters. The highest BCUT2D eigenvalue weighted by Crippen LogP contribution is 2.31. The predicted molar refractivity (Wildman–Crippen MR) is 114 cm³/mol. The smallest absolute Gasteiger partial charge is 0.288 e. The highest BCUT2D eigenvalue weighted by Gasteiger charge is 2.16. The highest BCUT2D eigenvalue weighted by atomic mass is 35.5. The first-order chi connectivity index (χ1) is 14.3. The van der Waals surface area contributed by atoms with Crippen LogP contribution in [0.5, 0.6) is 0 Å². The van der Waals surface area contributed by atoms with Gasteiger partial charge in [0.1, 0.15) is 28.2 Å². The fourth-order valence-corrected chi connectivity index (χ4v) is 3.11. The minimum absolute atomic E-state index is 0.0187. The maximum Gasteiger partial charge on any atom is 0.288 e. The van der Waals surface area contributed by atoms with Crippen molar-refractivity contribution in [2.75, 3.05) is 5.32 Å². The van der Waals surface area contributed by atoms with Crippen molar-refractivity contribution >= 4 is 35.0 Å². The molecule has 1 N–H and O–H groups in total. The summed E-state index contributed by atoms with van der Waals surface area (Å²) in [5.41, 5.74) is 2.63. The van der Waals surface area contributed by atoms with E-state index in [1.807, 2.05) is 26.0 Å². The minimum atomic E-state index is -0.583. The molecule has 0 bridgehead atoms. The van der Waals surface area contributed by atoms with Gasteiger partial charge in [-0.2, -0.15) is 5.26 Å². The molecule has 0 aliphatic carbocycles. The SMILES string of the molecule is Cc1cc(C)cc(NC(=O)C(C#N)=Cc2ccc(-c3ccc(Cl)c([N+](=O)[O-])c3)o2)c1. The zero-order chi connectivity index (χ0) is 21.8. The number of carbonyl (C=O) groups excluding carboxylic acids is 1. The van der Waals surface area contributed by atoms with Crippen LogP contribution in [0.1, 0.15) is 16.9 Å². The van der Waals surface area contributed by atoms with E-state index in [1.165, 1.54) is 18.2 Å². The molecule has 0 spiro atoms. The number of aryl methyl sites for hydroxylation is 2. The Labute approximate surface area is 177 Å². The van der Waals surface area contributed by atoms with Crippen LogP contribution in [-0.2, 0) is 4.79 Å². The summed E-state index contributed by atoms with van der Waals surface area (Å²) in [5.74, 6) is 0.0327. The van der Waals surface area contributed by atoms with Crippen molar-refractivity contribution in [1.82, 2.24) is 0 Å². The van der Waals surface area contributed by atoms with Gasteiger partial charge in [0.15, 0.2) is 0 Å². The standard InChI is InChI=1S/C22H16ClN3O4/c1-13-7-14(2)9-17(8-13)25-22(27)16(12-24)10-18-4-6-21(30-18)15-3-5-19(23)20(11-15)26(28)29/h3-11H,1-2H3,(H,25,27). The van der Waals surface area contributed by atoms with E-state index in [9.17, 15) is 20.2 Å². The van der Waals surface area contributed by atoms with Crippen LogP contribution in [0.2, 0.25) is 5.02 Å². The number of benzene rings is 2. The van der Waals surface area contributed by atoms with E-state index >= 15 is 0 Å². The molecule has 0 radical (unpaired) electrons. The van der Waals surface area contributed by atoms with Gasteiger partial charge in [0, 0.05) is 23.4 Å². The number of halogens is 1. The van der Waals surface area contributed by atoms with E-state index in [2.05, 4.69) is 5.32 Å². The molecule has 150 valence electrons. The van der Waals surface area contributed by atoms with Gasteiger partial charge in [-0.3, -0.25) is 14.9 Å². The first-order valence-electron chi connectivity index (χ1n) is 8.82. The second kappa shape index (κ2) is 8.64. The van der Waals surface area contributed by atoms with Gasteiger partial charge in [-0.15, -0.1) is 0 Å². The predicted octanol–water partition coefficient (Wildman–Crippen LogP) is 5.67. The zero-order valence-corrected chi connectivity index (χ0v) is 16.9. The fourth-order valence-electron chi connectivity index (χ4n) is 2.93. The van der Waals surface area contributed by atoms with Crippen molar-refractivity contribution in [2.45, 2.75) is 13.8 Å². The van der Waals surface area contributed by atoms with Gasteiger partial charge in [-0.05, 0) is 61.4 Å². The molecule has 7 nitrogen and oxygen atoms in total. The van der Waals surface area contributed by atoms with Crippen LogP contribution >= 0.6 is 11.6 Å². The lowest BCUT2D eigenvalue weighted by atomic mass is 10.1. The lowest BCUT2D eigenvalue weighted by Gasteiger charge is -2.06. The quantitative estimate of drug-likeness (QED) is 0.247. The summed E-state index contributed by atoms with van der Waals surface area (Å²) in [6.07, 6.45) is 1.31. The van der Waals surface area contributed by atoms with Crippen LogP contribution in [0, 0.1) is 35.3 Å². The van der Waals surface area contributed by atoms with Gasteiger partial charge in [0.05, 0.1) is 4.92 Å². The average molecular weight is 422 g/mol. The van der Waals surface area contributed by atoms with Gasteiger partial charge in [-0.25, -0.2) is 0 Å². The molecule has 3 aromatic rings. The molecule has 8 heteroatoms. The van der Waals surface area contributed by atoms with E-state index in [1.54, 1.807) is 30.3 Å². The van der Waals surface area contributed by atoms with E-state index in [0.29, 0.717) is 17.0 Å². The summed E-state index contributed by atoms with van der Waals surface area (Å²) < 4.78 is 5.64. The zero-order valence-electron chi connectivity index (χ0n) is 16.1. The summed E-state index contributed by atoms with van der Waals surface area (Å²) in [5, 5.41) is 23.2. The number of amides is 1. The Bertz CT molecular complexity index is 1200. The van der Waals surface area contributed by atoms with Crippen LogP contribution in [-0.4, -0.2) is 10.8 Å². The Kier molecular flexibility index (Phi) is 6.00. The molecule has 0 aliphatic rings. The maximum absolute atomic E-state index is 12.5.